The lowest BCUT2D eigenvalue weighted by Crippen LogP contribution is -2.54. The van der Waals surface area contributed by atoms with E-state index in [1.165, 1.54) is 4.57 Å². The highest BCUT2D eigenvalue weighted by molar-refractivity contribution is 6.16. The van der Waals surface area contributed by atoms with E-state index in [-0.39, 0.29) is 17.5 Å². The summed E-state index contributed by atoms with van der Waals surface area (Å²) in [5.74, 6) is -0.375. The van der Waals surface area contributed by atoms with Gasteiger partial charge in [0.1, 0.15) is 0 Å². The van der Waals surface area contributed by atoms with Crippen molar-refractivity contribution in [3.8, 4) is 11.1 Å². The zero-order valence-electron chi connectivity index (χ0n) is 26.8. The lowest BCUT2D eigenvalue weighted by molar-refractivity contribution is 0.102. The molecule has 5 rings (SSSR count). The molecule has 4 aromatic rings. The van der Waals surface area contributed by atoms with Crippen LogP contribution in [0.4, 0.5) is 15.3 Å². The van der Waals surface area contributed by atoms with Gasteiger partial charge in [0.15, 0.2) is 0 Å². The van der Waals surface area contributed by atoms with Crippen LogP contribution in [0.15, 0.2) is 67.0 Å². The standard InChI is InChI=1S/C35H42N6O4/c1-34(2,3)30-29(31(42)37-26-13-15-36-16-14-26)27-21-25(11-12-28(27)41(30)33(44)45)24-9-7-23(8-10-24)22-39-17-19-40(20-18-39)32(43)38-35(4,5)6/h7-16,21H,17-20,22H2,1-6H3,(H,38,43)(H,44,45)(H,36,37,42). The number of carboxylic acid groups (broad SMARTS) is 1. The summed E-state index contributed by atoms with van der Waals surface area (Å²) in [4.78, 5) is 47.0. The van der Waals surface area contributed by atoms with Gasteiger partial charge in [-0.1, -0.05) is 51.1 Å². The lowest BCUT2D eigenvalue weighted by Gasteiger charge is -2.36. The number of hydrogen-bond acceptors (Lipinski definition) is 5. The molecule has 0 atom stereocenters. The molecule has 3 heterocycles. The Balaban J connectivity index is 1.40. The van der Waals surface area contributed by atoms with E-state index in [0.717, 1.165) is 36.3 Å². The normalized spacial score (nSPS) is 14.4. The Bertz CT molecular complexity index is 1710. The number of urea groups is 1. The van der Waals surface area contributed by atoms with E-state index in [1.54, 1.807) is 30.6 Å². The average Bonchev–Trinajstić information content (AvgIpc) is 3.33. The Hall–Kier alpha value is -4.70. The molecule has 0 saturated carbocycles. The fraction of sp³-hybridized carbons (Fsp3) is 0.371. The maximum atomic E-state index is 13.8. The topological polar surface area (TPSA) is 120 Å². The van der Waals surface area contributed by atoms with Gasteiger partial charge in [-0.3, -0.25) is 14.7 Å². The van der Waals surface area contributed by atoms with Crippen LogP contribution in [-0.2, 0) is 12.0 Å². The summed E-state index contributed by atoms with van der Waals surface area (Å²) < 4.78 is 1.23. The Morgan fingerprint density at radius 3 is 2.04 bits per heavy atom. The molecule has 236 valence electrons. The Morgan fingerprint density at radius 1 is 0.844 bits per heavy atom. The molecule has 3 amide bonds. The van der Waals surface area contributed by atoms with Crippen molar-refractivity contribution in [2.24, 2.45) is 0 Å². The molecule has 10 heteroatoms. The van der Waals surface area contributed by atoms with Crippen LogP contribution in [0.3, 0.4) is 0 Å². The molecular formula is C35H42N6O4. The summed E-state index contributed by atoms with van der Waals surface area (Å²) in [7, 11) is 0. The highest BCUT2D eigenvalue weighted by Crippen LogP contribution is 2.37. The highest BCUT2D eigenvalue weighted by Gasteiger charge is 2.33. The number of aromatic nitrogens is 2. The molecule has 0 unspecified atom stereocenters. The molecule has 1 aliphatic rings. The summed E-state index contributed by atoms with van der Waals surface area (Å²) in [6, 6.07) is 17.3. The van der Waals surface area contributed by atoms with Crippen molar-refractivity contribution in [1.82, 2.24) is 24.7 Å². The van der Waals surface area contributed by atoms with Gasteiger partial charge in [0.05, 0.1) is 11.1 Å². The van der Waals surface area contributed by atoms with Crippen molar-refractivity contribution in [3.63, 3.8) is 0 Å². The van der Waals surface area contributed by atoms with Crippen LogP contribution in [0, 0.1) is 0 Å². The van der Waals surface area contributed by atoms with Crippen molar-refractivity contribution < 1.29 is 19.5 Å². The number of nitrogens with one attached hydrogen (secondary N) is 2. The smallest absolute Gasteiger partial charge is 0.416 e. The second-order valence-electron chi connectivity index (χ2n) is 13.7. The number of nitrogens with zero attached hydrogens (tertiary/aromatic N) is 4. The van der Waals surface area contributed by atoms with Crippen molar-refractivity contribution in [2.75, 3.05) is 31.5 Å². The molecule has 1 aliphatic heterocycles. The molecule has 0 bridgehead atoms. The van der Waals surface area contributed by atoms with E-state index in [4.69, 9.17) is 0 Å². The van der Waals surface area contributed by atoms with E-state index >= 15 is 0 Å². The van der Waals surface area contributed by atoms with E-state index in [0.29, 0.717) is 40.9 Å². The van der Waals surface area contributed by atoms with Crippen LogP contribution in [0.2, 0.25) is 0 Å². The maximum Gasteiger partial charge on any atom is 0.416 e. The fourth-order valence-corrected chi connectivity index (χ4v) is 5.81. The zero-order valence-corrected chi connectivity index (χ0v) is 26.8. The summed E-state index contributed by atoms with van der Waals surface area (Å²) in [5.41, 5.74) is 3.92. The minimum Gasteiger partial charge on any atom is -0.464 e. The van der Waals surface area contributed by atoms with E-state index in [9.17, 15) is 19.5 Å². The fourth-order valence-electron chi connectivity index (χ4n) is 5.81. The molecule has 0 spiro atoms. The second kappa shape index (κ2) is 12.4. The van der Waals surface area contributed by atoms with Crippen LogP contribution in [0.5, 0.6) is 0 Å². The first-order valence-corrected chi connectivity index (χ1v) is 15.2. The lowest BCUT2D eigenvalue weighted by atomic mass is 9.88. The Kier molecular flexibility index (Phi) is 8.71. The van der Waals surface area contributed by atoms with Gasteiger partial charge in [-0.05, 0) is 61.7 Å². The van der Waals surface area contributed by atoms with Gasteiger partial charge in [0.2, 0.25) is 0 Å². The van der Waals surface area contributed by atoms with Crippen molar-refractivity contribution in [3.05, 3.63) is 83.8 Å². The van der Waals surface area contributed by atoms with Crippen LogP contribution >= 0.6 is 0 Å². The quantitative estimate of drug-likeness (QED) is 0.240. The third kappa shape index (κ3) is 7.17. The minimum absolute atomic E-state index is 0.0187. The first-order valence-electron chi connectivity index (χ1n) is 15.2. The predicted octanol–water partition coefficient (Wildman–Crippen LogP) is 6.40. The first-order chi connectivity index (χ1) is 21.2. The summed E-state index contributed by atoms with van der Waals surface area (Å²) in [5, 5.41) is 16.8. The molecule has 10 nitrogen and oxygen atoms in total. The Labute approximate surface area is 264 Å². The largest absolute Gasteiger partial charge is 0.464 e. The van der Waals surface area contributed by atoms with Crippen LogP contribution in [-0.4, -0.2) is 74.2 Å². The van der Waals surface area contributed by atoms with Gasteiger partial charge in [0.25, 0.3) is 5.91 Å². The molecule has 45 heavy (non-hydrogen) atoms. The Morgan fingerprint density at radius 2 is 1.47 bits per heavy atom. The number of anilines is 1. The molecule has 2 aromatic carbocycles. The van der Waals surface area contributed by atoms with Gasteiger partial charge in [-0.25, -0.2) is 14.2 Å². The van der Waals surface area contributed by atoms with Gasteiger partial charge in [-0.2, -0.15) is 0 Å². The van der Waals surface area contributed by atoms with E-state index < -0.39 is 11.5 Å². The third-order valence-electron chi connectivity index (χ3n) is 7.87. The maximum absolute atomic E-state index is 13.8. The zero-order chi connectivity index (χ0) is 32.5. The predicted molar refractivity (Wildman–Crippen MR) is 177 cm³/mol. The number of pyridine rings is 1. The van der Waals surface area contributed by atoms with Crippen LogP contribution in [0.1, 0.15) is 63.2 Å². The minimum atomic E-state index is -1.14. The number of carbonyl (C=O) groups excluding carboxylic acids is 2. The monoisotopic (exact) mass is 610 g/mol. The van der Waals surface area contributed by atoms with E-state index in [1.807, 2.05) is 58.6 Å². The molecule has 3 N–H and O–H groups in total. The molecule has 2 aromatic heterocycles. The number of piperazine rings is 1. The van der Waals surface area contributed by atoms with Crippen molar-refractivity contribution in [1.29, 1.82) is 0 Å². The number of carbonyl (C=O) groups is 3. The molecule has 0 radical (unpaired) electrons. The number of amides is 3. The summed E-state index contributed by atoms with van der Waals surface area (Å²) in [6.45, 7) is 15.4. The number of rotatable bonds is 5. The van der Waals surface area contributed by atoms with Gasteiger partial charge in [0, 0.05) is 72.8 Å². The van der Waals surface area contributed by atoms with E-state index in [2.05, 4.69) is 44.8 Å². The number of benzene rings is 2. The molecule has 1 saturated heterocycles. The molecule has 1 fully saturated rings. The summed E-state index contributed by atoms with van der Waals surface area (Å²) >= 11 is 0. The average molecular weight is 611 g/mol. The van der Waals surface area contributed by atoms with Gasteiger partial charge in [-0.15, -0.1) is 0 Å². The van der Waals surface area contributed by atoms with Crippen LogP contribution < -0.4 is 10.6 Å². The molecular weight excluding hydrogens is 568 g/mol. The number of fused-ring (bicyclic) bond motifs is 1. The highest BCUT2D eigenvalue weighted by atomic mass is 16.4. The third-order valence-corrected chi connectivity index (χ3v) is 7.87. The van der Waals surface area contributed by atoms with Crippen molar-refractivity contribution in [2.45, 2.75) is 59.0 Å². The number of hydrogen-bond donors (Lipinski definition) is 3. The van der Waals surface area contributed by atoms with Crippen molar-refractivity contribution >= 4 is 34.6 Å². The SMILES string of the molecule is CC(C)(C)NC(=O)N1CCN(Cc2ccc(-c3ccc4c(c3)c(C(=O)Nc3ccncc3)c(C(C)(C)C)n4C(=O)O)cc2)CC1. The molecule has 0 aliphatic carbocycles. The summed E-state index contributed by atoms with van der Waals surface area (Å²) in [6.07, 6.45) is 2.05. The first kappa shape index (κ1) is 31.7. The van der Waals surface area contributed by atoms with Gasteiger partial charge < -0.3 is 20.6 Å². The second-order valence-corrected chi connectivity index (χ2v) is 13.7. The van der Waals surface area contributed by atoms with Gasteiger partial charge >= 0.3 is 12.1 Å². The van der Waals surface area contributed by atoms with Crippen LogP contribution in [0.25, 0.3) is 22.0 Å².